The highest BCUT2D eigenvalue weighted by atomic mass is 32.3. The molecule has 0 spiro atoms. The molecule has 0 heterocycles. The Labute approximate surface area is 65.3 Å². The van der Waals surface area contributed by atoms with E-state index in [1.54, 1.807) is 6.92 Å². The van der Waals surface area contributed by atoms with Gasteiger partial charge in [-0.2, -0.15) is 8.42 Å². The zero-order valence-electron chi connectivity index (χ0n) is 6.02. The first kappa shape index (κ1) is 10.1. The minimum Gasteiger partial charge on any atom is -0.253 e. The predicted molar refractivity (Wildman–Crippen MR) is 40.6 cm³/mol. The van der Waals surface area contributed by atoms with E-state index >= 15 is 0 Å². The fourth-order valence-corrected chi connectivity index (χ4v) is 0.578. The van der Waals surface area contributed by atoms with Crippen molar-refractivity contribution >= 4 is 16.1 Å². The van der Waals surface area contributed by atoms with Crippen LogP contribution in [0, 0.1) is 0 Å². The molecule has 0 saturated heterocycles. The minimum atomic E-state index is -4.46. The maximum Gasteiger partial charge on any atom is 0.466 e. The maximum absolute atomic E-state index is 9.94. The molecule has 0 aliphatic heterocycles. The Balaban J connectivity index is 4.03. The zero-order valence-corrected chi connectivity index (χ0v) is 6.84. The number of hydrogen-bond acceptors (Lipinski definition) is 4. The van der Waals surface area contributed by atoms with Crippen LogP contribution >= 0.6 is 0 Å². The molecule has 1 N–H and O–H groups in total. The quantitative estimate of drug-likeness (QED) is 0.299. The maximum atomic E-state index is 9.94. The largest absolute Gasteiger partial charge is 0.466 e. The number of allylic oxidation sites excluding steroid dienone is 1. The summed E-state index contributed by atoms with van der Waals surface area (Å²) in [7, 11) is -4.46. The van der Waals surface area contributed by atoms with Crippen molar-refractivity contribution in [1.29, 1.82) is 0 Å². The molecule has 0 aliphatic rings. The molecule has 0 saturated carbocycles. The van der Waals surface area contributed by atoms with Crippen molar-refractivity contribution in [1.82, 2.24) is 0 Å². The standard InChI is InChI=1S/C5H9NO4S/c1-3-4-5(2)6-10-11(7,8)9/h3H,1,4H2,2H3,(H,7,8,9)/b6-5-. The van der Waals surface area contributed by atoms with Gasteiger partial charge in [0.2, 0.25) is 0 Å². The topological polar surface area (TPSA) is 76.0 Å². The summed E-state index contributed by atoms with van der Waals surface area (Å²) >= 11 is 0. The summed E-state index contributed by atoms with van der Waals surface area (Å²) in [5.74, 6) is 0. The highest BCUT2D eigenvalue weighted by Crippen LogP contribution is 1.92. The summed E-state index contributed by atoms with van der Waals surface area (Å²) in [6.45, 7) is 4.95. The monoisotopic (exact) mass is 179 g/mol. The summed E-state index contributed by atoms with van der Waals surface area (Å²) in [4.78, 5) is 0. The molecule has 0 aromatic rings. The van der Waals surface area contributed by atoms with E-state index in [2.05, 4.69) is 16.0 Å². The molecular formula is C5H9NO4S. The van der Waals surface area contributed by atoms with Gasteiger partial charge in [0.15, 0.2) is 0 Å². The molecule has 0 fully saturated rings. The third-order valence-corrected chi connectivity index (χ3v) is 0.990. The number of oxime groups is 1. The van der Waals surface area contributed by atoms with E-state index in [9.17, 15) is 8.42 Å². The smallest absolute Gasteiger partial charge is 0.253 e. The second-order valence-corrected chi connectivity index (χ2v) is 2.83. The molecule has 0 aromatic carbocycles. The van der Waals surface area contributed by atoms with E-state index in [1.807, 2.05) is 0 Å². The highest BCUT2D eigenvalue weighted by molar-refractivity contribution is 7.80. The third-order valence-electron chi connectivity index (χ3n) is 0.727. The molecule has 0 unspecified atom stereocenters. The van der Waals surface area contributed by atoms with Gasteiger partial charge in [-0.05, 0) is 6.92 Å². The molecule has 0 aliphatic carbocycles. The Morgan fingerprint density at radius 3 is 2.73 bits per heavy atom. The Morgan fingerprint density at radius 2 is 2.36 bits per heavy atom. The van der Waals surface area contributed by atoms with E-state index in [4.69, 9.17) is 4.55 Å². The van der Waals surface area contributed by atoms with Crippen LogP contribution in [0.5, 0.6) is 0 Å². The summed E-state index contributed by atoms with van der Waals surface area (Å²) in [5, 5.41) is 3.09. The van der Waals surface area contributed by atoms with Gasteiger partial charge in [0, 0.05) is 6.42 Å². The first-order valence-electron chi connectivity index (χ1n) is 2.76. The van der Waals surface area contributed by atoms with Gasteiger partial charge in [-0.3, -0.25) is 4.55 Å². The Hall–Kier alpha value is -0.880. The predicted octanol–water partition coefficient (Wildman–Crippen LogP) is 0.758. The molecule has 0 aromatic heterocycles. The van der Waals surface area contributed by atoms with E-state index < -0.39 is 10.4 Å². The van der Waals surface area contributed by atoms with Crippen molar-refractivity contribution < 1.29 is 17.3 Å². The van der Waals surface area contributed by atoms with Gasteiger partial charge >= 0.3 is 10.4 Å². The fourth-order valence-electron chi connectivity index (χ4n) is 0.357. The van der Waals surface area contributed by atoms with Gasteiger partial charge in [0.25, 0.3) is 0 Å². The lowest BCUT2D eigenvalue weighted by atomic mass is 10.3. The zero-order chi connectivity index (χ0) is 8.91. The van der Waals surface area contributed by atoms with Crippen molar-refractivity contribution in [3.8, 4) is 0 Å². The molecule has 0 atom stereocenters. The third kappa shape index (κ3) is 7.01. The normalized spacial score (nSPS) is 12.7. The van der Waals surface area contributed by atoms with E-state index in [-0.39, 0.29) is 0 Å². The van der Waals surface area contributed by atoms with Crippen molar-refractivity contribution in [2.45, 2.75) is 13.3 Å². The van der Waals surface area contributed by atoms with Crippen LogP contribution < -0.4 is 0 Å². The Kier molecular flexibility index (Phi) is 3.77. The molecule has 0 amide bonds. The molecule has 0 bridgehead atoms. The van der Waals surface area contributed by atoms with Crippen molar-refractivity contribution in [2.75, 3.05) is 0 Å². The van der Waals surface area contributed by atoms with Gasteiger partial charge in [0.05, 0.1) is 5.71 Å². The van der Waals surface area contributed by atoms with Gasteiger partial charge in [-0.15, -0.1) is 6.58 Å². The van der Waals surface area contributed by atoms with Gasteiger partial charge in [-0.1, -0.05) is 11.2 Å². The van der Waals surface area contributed by atoms with Crippen LogP contribution in [-0.2, 0) is 14.7 Å². The fraction of sp³-hybridized carbons (Fsp3) is 0.400. The number of nitrogens with zero attached hydrogens (tertiary/aromatic N) is 1. The summed E-state index contributed by atoms with van der Waals surface area (Å²) < 4.78 is 31.6. The summed E-state index contributed by atoms with van der Waals surface area (Å²) in [5.41, 5.74) is 0.414. The van der Waals surface area contributed by atoms with Crippen molar-refractivity contribution in [3.05, 3.63) is 12.7 Å². The van der Waals surface area contributed by atoms with Crippen LogP contribution in [-0.4, -0.2) is 18.7 Å². The number of rotatable bonds is 4. The van der Waals surface area contributed by atoms with Gasteiger partial charge < -0.3 is 0 Å². The average molecular weight is 179 g/mol. The molecular weight excluding hydrogens is 170 g/mol. The van der Waals surface area contributed by atoms with Gasteiger partial charge in [-0.25, -0.2) is 4.28 Å². The Morgan fingerprint density at radius 1 is 1.82 bits per heavy atom. The molecule has 64 valence electrons. The molecule has 0 radical (unpaired) electrons. The van der Waals surface area contributed by atoms with Crippen LogP contribution in [0.15, 0.2) is 17.8 Å². The van der Waals surface area contributed by atoms with Crippen molar-refractivity contribution in [2.24, 2.45) is 5.16 Å². The first-order valence-corrected chi connectivity index (χ1v) is 4.12. The SMILES string of the molecule is C=CC/C(C)=N\OS(=O)(=O)O. The second-order valence-electron chi connectivity index (χ2n) is 1.82. The van der Waals surface area contributed by atoms with E-state index in [0.717, 1.165) is 0 Å². The first-order chi connectivity index (χ1) is 4.95. The number of hydrogen-bond donors (Lipinski definition) is 1. The molecule has 0 rings (SSSR count). The van der Waals surface area contributed by atoms with Crippen LogP contribution in [0.2, 0.25) is 0 Å². The van der Waals surface area contributed by atoms with Gasteiger partial charge in [0.1, 0.15) is 0 Å². The van der Waals surface area contributed by atoms with Crippen LogP contribution in [0.1, 0.15) is 13.3 Å². The van der Waals surface area contributed by atoms with Crippen LogP contribution in [0.25, 0.3) is 0 Å². The summed E-state index contributed by atoms with van der Waals surface area (Å²) in [6, 6.07) is 0. The lowest BCUT2D eigenvalue weighted by Crippen LogP contribution is -2.00. The lowest BCUT2D eigenvalue weighted by molar-refractivity contribution is 0.281. The minimum absolute atomic E-state index is 0.412. The van der Waals surface area contributed by atoms with Crippen LogP contribution in [0.4, 0.5) is 0 Å². The highest BCUT2D eigenvalue weighted by Gasteiger charge is 2.01. The summed E-state index contributed by atoms with van der Waals surface area (Å²) in [6.07, 6.45) is 1.95. The molecule has 5 nitrogen and oxygen atoms in total. The van der Waals surface area contributed by atoms with E-state index in [0.29, 0.717) is 12.1 Å². The molecule has 6 heteroatoms. The lowest BCUT2D eigenvalue weighted by Gasteiger charge is -1.93. The second kappa shape index (κ2) is 4.09. The van der Waals surface area contributed by atoms with E-state index in [1.165, 1.54) is 6.08 Å². The average Bonchev–Trinajstić information content (AvgIpc) is 1.83. The molecule has 11 heavy (non-hydrogen) atoms. The van der Waals surface area contributed by atoms with Crippen LogP contribution in [0.3, 0.4) is 0 Å². The van der Waals surface area contributed by atoms with Crippen molar-refractivity contribution in [3.63, 3.8) is 0 Å². The Bertz CT molecular complexity index is 254.